The zero-order valence-corrected chi connectivity index (χ0v) is 12.4. The standard InChI is InChI=1S/C13H29Si/c1-10(2)14(11(3)4,12(5)6)13(7,8)9/h10-12H,7H2,1-6,8-9H3. The van der Waals surface area contributed by atoms with Gasteiger partial charge in [-0.15, -0.1) is 0 Å². The summed E-state index contributed by atoms with van der Waals surface area (Å²) in [6.45, 7) is 23.6. The molecule has 0 unspecified atom stereocenters. The van der Waals surface area contributed by atoms with Crippen LogP contribution in [-0.2, 0) is 0 Å². The fourth-order valence-electron chi connectivity index (χ4n) is 4.34. The van der Waals surface area contributed by atoms with Crippen molar-refractivity contribution in [2.24, 2.45) is 0 Å². The molecule has 0 nitrogen and oxygen atoms in total. The molecule has 0 saturated heterocycles. The molecule has 0 aliphatic rings. The fraction of sp³-hybridized carbons (Fsp3) is 0.923. The van der Waals surface area contributed by atoms with E-state index in [2.05, 4.69) is 62.3 Å². The van der Waals surface area contributed by atoms with Crippen LogP contribution in [0.4, 0.5) is 0 Å². The Hall–Kier alpha value is 0.217. The van der Waals surface area contributed by atoms with Crippen LogP contribution >= 0.6 is 0 Å². The first-order valence-electron chi connectivity index (χ1n) is 5.93. The Morgan fingerprint density at radius 3 is 1.00 bits per heavy atom. The minimum absolute atomic E-state index is 0.267. The van der Waals surface area contributed by atoms with Crippen molar-refractivity contribution in [3.63, 3.8) is 0 Å². The number of hydrogen-bond donors (Lipinski definition) is 0. The van der Waals surface area contributed by atoms with Crippen LogP contribution < -0.4 is 0 Å². The Kier molecular flexibility index (Phi) is 4.45. The van der Waals surface area contributed by atoms with Crippen LogP contribution in [-0.4, -0.2) is 8.07 Å². The zero-order chi connectivity index (χ0) is 11.7. The molecule has 0 fully saturated rings. The van der Waals surface area contributed by atoms with Crippen LogP contribution in [0.5, 0.6) is 0 Å². The fourth-order valence-corrected chi connectivity index (χ4v) is 13.0. The molecule has 0 atom stereocenters. The smallest absolute Gasteiger partial charge is 0.0651 e. The van der Waals surface area contributed by atoms with E-state index in [1.54, 1.807) is 0 Å². The van der Waals surface area contributed by atoms with Crippen molar-refractivity contribution in [3.8, 4) is 0 Å². The van der Waals surface area contributed by atoms with Gasteiger partial charge >= 0.3 is 0 Å². The minimum atomic E-state index is -1.34. The topological polar surface area (TPSA) is 0 Å². The molecule has 0 N–H and O–H groups in total. The first-order chi connectivity index (χ1) is 6.08. The highest BCUT2D eigenvalue weighted by atomic mass is 28.3. The van der Waals surface area contributed by atoms with Crippen LogP contribution in [0.1, 0.15) is 55.4 Å². The monoisotopic (exact) mass is 213 g/mol. The van der Waals surface area contributed by atoms with Crippen LogP contribution in [0.2, 0.25) is 21.7 Å². The lowest BCUT2D eigenvalue weighted by molar-refractivity contribution is 0.674. The third-order valence-electron chi connectivity index (χ3n) is 4.04. The third-order valence-corrected chi connectivity index (χ3v) is 12.1. The van der Waals surface area contributed by atoms with Gasteiger partial charge in [-0.3, -0.25) is 0 Å². The molecule has 1 radical (unpaired) electrons. The van der Waals surface area contributed by atoms with E-state index < -0.39 is 8.07 Å². The van der Waals surface area contributed by atoms with Crippen molar-refractivity contribution < 1.29 is 0 Å². The lowest BCUT2D eigenvalue weighted by atomic mass is 10.2. The van der Waals surface area contributed by atoms with E-state index in [0.717, 1.165) is 16.6 Å². The van der Waals surface area contributed by atoms with Crippen molar-refractivity contribution in [2.45, 2.75) is 77.1 Å². The summed E-state index contributed by atoms with van der Waals surface area (Å²) in [6, 6.07) is 0. The predicted molar refractivity (Wildman–Crippen MR) is 70.4 cm³/mol. The summed E-state index contributed by atoms with van der Waals surface area (Å²) in [7, 11) is -1.34. The summed E-state index contributed by atoms with van der Waals surface area (Å²) in [5.74, 6) is 0. The first-order valence-corrected chi connectivity index (χ1v) is 8.17. The predicted octanol–water partition coefficient (Wildman–Crippen LogP) is 5.28. The quantitative estimate of drug-likeness (QED) is 0.557. The second-order valence-corrected chi connectivity index (χ2v) is 13.0. The summed E-state index contributed by atoms with van der Waals surface area (Å²) >= 11 is 0. The molecule has 1 heteroatoms. The summed E-state index contributed by atoms with van der Waals surface area (Å²) < 4.78 is 0. The average Bonchev–Trinajstić information content (AvgIpc) is 1.79. The summed E-state index contributed by atoms with van der Waals surface area (Å²) in [5.41, 5.74) is 2.44. The molecule has 85 valence electrons. The van der Waals surface area contributed by atoms with Gasteiger partial charge in [-0.2, -0.15) is 0 Å². The molecule has 14 heavy (non-hydrogen) atoms. The maximum Gasteiger partial charge on any atom is 0.0669 e. The Morgan fingerprint density at radius 2 is 1.00 bits per heavy atom. The van der Waals surface area contributed by atoms with Gasteiger partial charge in [-0.05, 0) is 5.04 Å². The van der Waals surface area contributed by atoms with Gasteiger partial charge in [-0.25, -0.2) is 0 Å². The van der Waals surface area contributed by atoms with Gasteiger partial charge in [0.1, 0.15) is 0 Å². The maximum atomic E-state index is 4.47. The Labute approximate surface area is 92.5 Å². The lowest BCUT2D eigenvalue weighted by Gasteiger charge is -2.52. The van der Waals surface area contributed by atoms with E-state index >= 15 is 0 Å². The highest BCUT2D eigenvalue weighted by Crippen LogP contribution is 2.55. The molecular weight excluding hydrogens is 184 g/mol. The molecule has 0 aromatic rings. The molecule has 0 aromatic carbocycles. The number of rotatable bonds is 4. The SMILES string of the molecule is [CH2]C(C)(C)[Si](C(C)C)(C(C)C)C(C)C. The molecule has 0 heterocycles. The van der Waals surface area contributed by atoms with E-state index in [-0.39, 0.29) is 5.04 Å². The van der Waals surface area contributed by atoms with Crippen molar-refractivity contribution in [3.05, 3.63) is 6.92 Å². The average molecular weight is 213 g/mol. The summed E-state index contributed by atoms with van der Waals surface area (Å²) in [6.07, 6.45) is 0. The van der Waals surface area contributed by atoms with Crippen molar-refractivity contribution >= 4 is 8.07 Å². The van der Waals surface area contributed by atoms with Gasteiger partial charge in [0.05, 0.1) is 8.07 Å². The van der Waals surface area contributed by atoms with Crippen molar-refractivity contribution in [1.29, 1.82) is 0 Å². The second-order valence-electron chi connectivity index (χ2n) is 6.28. The van der Waals surface area contributed by atoms with E-state index in [9.17, 15) is 0 Å². The van der Waals surface area contributed by atoms with E-state index in [1.165, 1.54) is 0 Å². The molecule has 0 rings (SSSR count). The third kappa shape index (κ3) is 2.08. The first kappa shape index (κ1) is 14.2. The largest absolute Gasteiger partial charge is 0.0669 e. The number of hydrogen-bond acceptors (Lipinski definition) is 0. The zero-order valence-electron chi connectivity index (χ0n) is 11.4. The summed E-state index contributed by atoms with van der Waals surface area (Å²) in [4.78, 5) is 0. The molecule has 0 spiro atoms. The molecule has 0 bridgehead atoms. The van der Waals surface area contributed by atoms with Crippen LogP contribution in [0.25, 0.3) is 0 Å². The molecule has 0 aliphatic heterocycles. The van der Waals surface area contributed by atoms with E-state index in [1.807, 2.05) is 0 Å². The van der Waals surface area contributed by atoms with Crippen LogP contribution in [0.15, 0.2) is 0 Å². The van der Waals surface area contributed by atoms with Gasteiger partial charge in [-0.1, -0.05) is 78.9 Å². The molecule has 0 aromatic heterocycles. The molecule has 0 aliphatic carbocycles. The van der Waals surface area contributed by atoms with Gasteiger partial charge in [0.2, 0.25) is 0 Å². The molecule has 0 amide bonds. The van der Waals surface area contributed by atoms with E-state index in [0.29, 0.717) is 0 Å². The minimum Gasteiger partial charge on any atom is -0.0651 e. The Morgan fingerprint density at radius 1 is 0.786 bits per heavy atom. The van der Waals surface area contributed by atoms with Crippen LogP contribution in [0.3, 0.4) is 0 Å². The maximum absolute atomic E-state index is 4.47. The Balaban J connectivity index is 5.40. The highest BCUT2D eigenvalue weighted by Gasteiger charge is 2.50. The normalized spacial score (nSPS) is 14.6. The summed E-state index contributed by atoms with van der Waals surface area (Å²) in [5, 5.41) is 0.267. The second kappa shape index (κ2) is 4.38. The van der Waals surface area contributed by atoms with Crippen molar-refractivity contribution in [1.82, 2.24) is 0 Å². The molecule has 0 saturated carbocycles. The lowest BCUT2D eigenvalue weighted by Crippen LogP contribution is -2.52. The van der Waals surface area contributed by atoms with Crippen molar-refractivity contribution in [2.75, 3.05) is 0 Å². The van der Waals surface area contributed by atoms with Gasteiger partial charge in [0.25, 0.3) is 0 Å². The van der Waals surface area contributed by atoms with E-state index in [4.69, 9.17) is 0 Å². The van der Waals surface area contributed by atoms with Gasteiger partial charge in [0.15, 0.2) is 0 Å². The van der Waals surface area contributed by atoms with Gasteiger partial charge < -0.3 is 0 Å². The highest BCUT2D eigenvalue weighted by molar-refractivity contribution is 6.86. The Bertz CT molecular complexity index is 150. The molecular formula is C13H29Si. The van der Waals surface area contributed by atoms with Crippen LogP contribution in [0, 0.1) is 6.92 Å². The van der Waals surface area contributed by atoms with Gasteiger partial charge in [0, 0.05) is 0 Å².